The molecule has 2 aromatic rings. The van der Waals surface area contributed by atoms with Crippen molar-refractivity contribution in [2.24, 2.45) is 0 Å². The molecule has 4 rings (SSSR count). The lowest BCUT2D eigenvalue weighted by atomic mass is 9.71. The summed E-state index contributed by atoms with van der Waals surface area (Å²) in [7, 11) is 5.42. The van der Waals surface area contributed by atoms with Crippen molar-refractivity contribution in [2.45, 2.75) is 35.4 Å². The fraction of sp³-hybridized carbons (Fsp3) is 0.423. The molecular formula is C26H34B3FN4O8. The summed E-state index contributed by atoms with van der Waals surface area (Å²) in [5, 5.41) is 50.4. The maximum absolute atomic E-state index is 15.5. The summed E-state index contributed by atoms with van der Waals surface area (Å²) in [6.07, 6.45) is 0.203. The first-order valence-corrected chi connectivity index (χ1v) is 13.6. The molecule has 6 N–H and O–H groups in total. The maximum atomic E-state index is 15.5. The molecule has 2 amide bonds. The SMILES string of the molecule is BC(O)(Nc1cccc2c1C(O)(O)N(C(B)(CCC=O)C(=O)NC)C2=O)c1ccc(C(B)(O)N2CCOCC2)cc1F. The number of aliphatic hydroxyl groups is 4. The lowest BCUT2D eigenvalue weighted by molar-refractivity contribution is -0.263. The number of rotatable bonds is 10. The molecule has 42 heavy (non-hydrogen) atoms. The zero-order chi connectivity index (χ0) is 31.1. The first-order valence-electron chi connectivity index (χ1n) is 13.6. The number of carbonyl (C=O) groups is 3. The molecule has 222 valence electrons. The van der Waals surface area contributed by atoms with Crippen LogP contribution in [0.1, 0.15) is 39.9 Å². The van der Waals surface area contributed by atoms with Gasteiger partial charge in [0, 0.05) is 37.8 Å². The third-order valence-corrected chi connectivity index (χ3v) is 8.15. The summed E-state index contributed by atoms with van der Waals surface area (Å²) in [4.78, 5) is 39.8. The normalized spacial score (nSPS) is 21.0. The van der Waals surface area contributed by atoms with E-state index in [1.807, 2.05) is 0 Å². The number of fused-ring (bicyclic) bond motifs is 1. The zero-order valence-electron chi connectivity index (χ0n) is 24.0. The molecule has 1 fully saturated rings. The number of nitrogens with one attached hydrogen (secondary N) is 2. The Labute approximate surface area is 245 Å². The van der Waals surface area contributed by atoms with Gasteiger partial charge in [0.2, 0.25) is 5.91 Å². The molecule has 2 heterocycles. The van der Waals surface area contributed by atoms with E-state index in [4.69, 9.17) is 4.74 Å². The number of benzene rings is 2. The van der Waals surface area contributed by atoms with E-state index in [9.17, 15) is 34.8 Å². The molecule has 2 aliphatic rings. The van der Waals surface area contributed by atoms with E-state index >= 15 is 4.39 Å². The van der Waals surface area contributed by atoms with Gasteiger partial charge in [-0.2, -0.15) is 0 Å². The van der Waals surface area contributed by atoms with Gasteiger partial charge in [0.1, 0.15) is 31.2 Å². The summed E-state index contributed by atoms with van der Waals surface area (Å²) in [5.74, 6) is -5.51. The number of carbonyl (C=O) groups excluding carboxylic acids is 3. The third-order valence-electron chi connectivity index (χ3n) is 8.15. The molecule has 0 spiro atoms. The average molecular weight is 582 g/mol. The zero-order valence-corrected chi connectivity index (χ0v) is 24.0. The van der Waals surface area contributed by atoms with Crippen molar-refractivity contribution in [3.63, 3.8) is 0 Å². The number of nitrogens with zero attached hydrogens (tertiary/aromatic N) is 2. The summed E-state index contributed by atoms with van der Waals surface area (Å²) in [6.45, 7) is 1.74. The summed E-state index contributed by atoms with van der Waals surface area (Å²) in [6, 6.07) is 8.02. The smallest absolute Gasteiger partial charge is 0.280 e. The van der Waals surface area contributed by atoms with Crippen LogP contribution < -0.4 is 10.6 Å². The second kappa shape index (κ2) is 11.4. The van der Waals surface area contributed by atoms with Crippen LogP contribution in [-0.4, -0.2) is 111 Å². The number of amides is 2. The number of morpholine rings is 1. The minimum Gasteiger partial charge on any atom is -0.380 e. The standard InChI is InChI=1S/C26H34B3FN4O8/c1-31-22(37)23(27,8-3-11-35)34-21(36)16-4-2-5-19(20(16)26(34,40)41)32-24(28,38)17-7-6-15(14-18(17)30)25(29,39)33-9-12-42-13-10-33/h2,4-7,11,14,32,38-41H,3,8-10,12-13,27-29H2,1H3,(H,31,37). The largest absolute Gasteiger partial charge is 0.380 e. The van der Waals surface area contributed by atoms with Gasteiger partial charge in [-0.15, -0.1) is 0 Å². The van der Waals surface area contributed by atoms with Crippen LogP contribution in [0.2, 0.25) is 0 Å². The molecule has 0 bridgehead atoms. The Bertz CT molecular complexity index is 1390. The third kappa shape index (κ3) is 5.34. The molecule has 0 aliphatic carbocycles. The molecule has 0 saturated carbocycles. The summed E-state index contributed by atoms with van der Waals surface area (Å²) >= 11 is 0. The minimum atomic E-state index is -3.05. The average Bonchev–Trinajstić information content (AvgIpc) is 3.16. The molecule has 2 aliphatic heterocycles. The van der Waals surface area contributed by atoms with Crippen LogP contribution in [-0.2, 0) is 31.5 Å². The monoisotopic (exact) mass is 582 g/mol. The molecular weight excluding hydrogens is 548 g/mol. The number of ether oxygens (including phenoxy) is 1. The van der Waals surface area contributed by atoms with Crippen LogP contribution in [0.5, 0.6) is 0 Å². The summed E-state index contributed by atoms with van der Waals surface area (Å²) in [5.41, 5.74) is -6.07. The molecule has 16 heteroatoms. The number of aldehydes is 1. The minimum absolute atomic E-state index is 0.114. The van der Waals surface area contributed by atoms with Crippen LogP contribution >= 0.6 is 0 Å². The van der Waals surface area contributed by atoms with Crippen molar-refractivity contribution < 1.29 is 43.9 Å². The Morgan fingerprint density at radius 2 is 1.83 bits per heavy atom. The van der Waals surface area contributed by atoms with Gasteiger partial charge in [-0.05, 0) is 30.2 Å². The van der Waals surface area contributed by atoms with Gasteiger partial charge in [0.25, 0.3) is 11.8 Å². The molecule has 3 atom stereocenters. The second-order valence-corrected chi connectivity index (χ2v) is 11.1. The van der Waals surface area contributed by atoms with Gasteiger partial charge in [0.15, 0.2) is 15.7 Å². The molecule has 12 nitrogen and oxygen atoms in total. The molecule has 3 unspecified atom stereocenters. The topological polar surface area (TPSA) is 172 Å². The Morgan fingerprint density at radius 1 is 1.17 bits per heavy atom. The first kappa shape index (κ1) is 31.7. The van der Waals surface area contributed by atoms with Crippen LogP contribution in [0.25, 0.3) is 0 Å². The van der Waals surface area contributed by atoms with E-state index in [1.54, 1.807) is 12.7 Å². The Hall–Kier alpha value is -3.27. The molecule has 0 aromatic heterocycles. The Morgan fingerprint density at radius 3 is 2.43 bits per heavy atom. The van der Waals surface area contributed by atoms with E-state index in [0.717, 1.165) is 6.07 Å². The van der Waals surface area contributed by atoms with Gasteiger partial charge in [-0.1, -0.05) is 18.2 Å². The van der Waals surface area contributed by atoms with Crippen molar-refractivity contribution in [3.8, 4) is 0 Å². The van der Waals surface area contributed by atoms with Crippen molar-refractivity contribution in [3.05, 3.63) is 64.5 Å². The van der Waals surface area contributed by atoms with E-state index in [0.29, 0.717) is 37.5 Å². The Balaban J connectivity index is 1.70. The Kier molecular flexibility index (Phi) is 8.62. The van der Waals surface area contributed by atoms with Gasteiger partial charge >= 0.3 is 0 Å². The highest BCUT2D eigenvalue weighted by molar-refractivity contribution is 6.30. The van der Waals surface area contributed by atoms with E-state index < -0.39 is 40.2 Å². The number of likely N-dealkylation sites (N-methyl/N-ethyl adjacent to an activating group) is 1. The van der Waals surface area contributed by atoms with Crippen LogP contribution in [0, 0.1) is 5.82 Å². The number of anilines is 1. The number of hydrogen-bond donors (Lipinski definition) is 6. The van der Waals surface area contributed by atoms with Crippen LogP contribution in [0.3, 0.4) is 0 Å². The van der Waals surface area contributed by atoms with Gasteiger partial charge in [-0.25, -0.2) is 4.39 Å². The van der Waals surface area contributed by atoms with Gasteiger partial charge in [0.05, 0.1) is 29.8 Å². The molecule has 2 aromatic carbocycles. The summed E-state index contributed by atoms with van der Waals surface area (Å²) < 4.78 is 20.8. The van der Waals surface area contributed by atoms with Crippen molar-refractivity contribution >= 4 is 47.3 Å². The van der Waals surface area contributed by atoms with Crippen LogP contribution in [0.4, 0.5) is 10.1 Å². The van der Waals surface area contributed by atoms with E-state index in [2.05, 4.69) is 10.6 Å². The highest BCUT2D eigenvalue weighted by Crippen LogP contribution is 2.45. The maximum Gasteiger partial charge on any atom is 0.280 e. The predicted molar refractivity (Wildman–Crippen MR) is 157 cm³/mol. The van der Waals surface area contributed by atoms with Crippen molar-refractivity contribution in [2.75, 3.05) is 38.7 Å². The molecule has 0 radical (unpaired) electrons. The lowest BCUT2D eigenvalue weighted by Gasteiger charge is -2.43. The fourth-order valence-electron chi connectivity index (χ4n) is 5.79. The second-order valence-electron chi connectivity index (χ2n) is 11.1. The van der Waals surface area contributed by atoms with E-state index in [-0.39, 0.29) is 40.8 Å². The quantitative estimate of drug-likeness (QED) is 0.0933. The highest BCUT2D eigenvalue weighted by atomic mass is 19.1. The fourth-order valence-corrected chi connectivity index (χ4v) is 5.79. The predicted octanol–water partition coefficient (Wildman–Crippen LogP) is -3.65. The van der Waals surface area contributed by atoms with Crippen molar-refractivity contribution in [1.29, 1.82) is 0 Å². The van der Waals surface area contributed by atoms with E-state index in [1.165, 1.54) is 53.1 Å². The number of hydrogen-bond acceptors (Lipinski definition) is 10. The van der Waals surface area contributed by atoms with Gasteiger partial charge < -0.3 is 40.6 Å². The molecule has 1 saturated heterocycles. The number of halogens is 1. The van der Waals surface area contributed by atoms with Gasteiger partial charge in [-0.3, -0.25) is 19.4 Å². The highest BCUT2D eigenvalue weighted by Gasteiger charge is 2.58. The lowest BCUT2D eigenvalue weighted by Crippen LogP contribution is -2.65. The first-order chi connectivity index (χ1) is 19.6. The van der Waals surface area contributed by atoms with Crippen LogP contribution in [0.15, 0.2) is 36.4 Å². The van der Waals surface area contributed by atoms with Crippen molar-refractivity contribution in [1.82, 2.24) is 15.1 Å².